The van der Waals surface area contributed by atoms with Crippen molar-refractivity contribution in [2.45, 2.75) is 122 Å². The minimum absolute atomic E-state index is 0.0461. The Morgan fingerprint density at radius 3 is 1.45 bits per heavy atom. The number of hydrogen-bond donors (Lipinski definition) is 4. The molecule has 0 aromatic carbocycles. The van der Waals surface area contributed by atoms with Gasteiger partial charge in [-0.2, -0.15) is 0 Å². The van der Waals surface area contributed by atoms with E-state index < -0.39 is 41.5 Å². The fourth-order valence-corrected chi connectivity index (χ4v) is 5.45. The fraction of sp³-hybridized carbons (Fsp3) is 0.923. The zero-order valence-electron chi connectivity index (χ0n) is 22.1. The van der Waals surface area contributed by atoms with Gasteiger partial charge in [-0.3, -0.25) is 4.79 Å². The number of aliphatic carboxylic acids is 2. The maximum Gasteiger partial charge on any atom is 0.363 e. The van der Waals surface area contributed by atoms with Gasteiger partial charge in [0.05, 0.1) is 33.4 Å². The van der Waals surface area contributed by atoms with Crippen LogP contribution in [-0.2, 0) is 9.59 Å². The predicted octanol–water partition coefficient (Wildman–Crippen LogP) is 4.69. The predicted molar refractivity (Wildman–Crippen MR) is 132 cm³/mol. The summed E-state index contributed by atoms with van der Waals surface area (Å²) >= 11 is 0. The van der Waals surface area contributed by atoms with Gasteiger partial charge in [0.1, 0.15) is 5.41 Å². The van der Waals surface area contributed by atoms with Crippen molar-refractivity contribution in [2.24, 2.45) is 11.3 Å². The van der Waals surface area contributed by atoms with E-state index in [2.05, 4.69) is 6.92 Å². The highest BCUT2D eigenvalue weighted by Crippen LogP contribution is 2.46. The van der Waals surface area contributed by atoms with Crippen molar-refractivity contribution in [3.05, 3.63) is 0 Å². The maximum atomic E-state index is 12.9. The largest absolute Gasteiger partial charge is 0.481 e. The Morgan fingerprint density at radius 1 is 0.758 bits per heavy atom. The van der Waals surface area contributed by atoms with E-state index in [-0.39, 0.29) is 23.7 Å². The minimum Gasteiger partial charge on any atom is -0.481 e. The molecule has 0 aromatic rings. The van der Waals surface area contributed by atoms with Crippen LogP contribution < -0.4 is 0 Å². The van der Waals surface area contributed by atoms with Gasteiger partial charge in [0.25, 0.3) is 0 Å². The lowest BCUT2D eigenvalue weighted by Crippen LogP contribution is -2.64. The molecule has 7 nitrogen and oxygen atoms in total. The fourth-order valence-electron chi connectivity index (χ4n) is 5.45. The summed E-state index contributed by atoms with van der Waals surface area (Å²) in [4.78, 5) is 25.3. The molecule has 196 valence electrons. The van der Waals surface area contributed by atoms with Gasteiger partial charge < -0.3 is 24.9 Å². The number of nitrogens with zero attached hydrogens (tertiary/aromatic N) is 1. The molecule has 0 saturated carbocycles. The van der Waals surface area contributed by atoms with E-state index in [4.69, 9.17) is 0 Å². The molecule has 4 atom stereocenters. The normalized spacial score (nSPS) is 17.7. The maximum absolute atomic E-state index is 12.9. The van der Waals surface area contributed by atoms with E-state index >= 15 is 0 Å². The number of aliphatic hydroxyl groups is 2. The number of unbranched alkanes of at least 4 members (excludes halogenated alkanes) is 9. The smallest absolute Gasteiger partial charge is 0.363 e. The summed E-state index contributed by atoms with van der Waals surface area (Å²) in [7, 11) is 5.12. The van der Waals surface area contributed by atoms with Gasteiger partial charge >= 0.3 is 11.9 Å². The van der Waals surface area contributed by atoms with Crippen LogP contribution in [0.1, 0.15) is 104 Å². The molecular weight excluding hydrogens is 422 g/mol. The van der Waals surface area contributed by atoms with Crippen LogP contribution in [0, 0.1) is 11.3 Å². The summed E-state index contributed by atoms with van der Waals surface area (Å²) < 4.78 is -0.0461. The first-order valence-electron chi connectivity index (χ1n) is 12.9. The Kier molecular flexibility index (Phi) is 15.1. The molecule has 4 N–H and O–H groups in total. The zero-order chi connectivity index (χ0) is 25.7. The monoisotopic (exact) mass is 474 g/mol. The zero-order valence-corrected chi connectivity index (χ0v) is 22.1. The molecule has 0 fully saturated rings. The van der Waals surface area contributed by atoms with Crippen molar-refractivity contribution in [3.8, 4) is 0 Å². The number of carboxylic acid groups (broad SMARTS) is 2. The molecule has 7 heteroatoms. The van der Waals surface area contributed by atoms with Gasteiger partial charge in [-0.15, -0.1) is 0 Å². The van der Waals surface area contributed by atoms with Gasteiger partial charge in [0, 0.05) is 0 Å². The first kappa shape index (κ1) is 31.8. The number of rotatable bonds is 20. The second-order valence-corrected chi connectivity index (χ2v) is 11.0. The highest BCUT2D eigenvalue weighted by Gasteiger charge is 2.60. The molecule has 0 radical (unpaired) electrons. The third-order valence-electron chi connectivity index (χ3n) is 6.82. The van der Waals surface area contributed by atoms with Crippen molar-refractivity contribution in [1.29, 1.82) is 0 Å². The van der Waals surface area contributed by atoms with Crippen molar-refractivity contribution < 1.29 is 34.5 Å². The standard InChI is InChI=1S/C26H51NO6/c1-7-8-9-10-11-12-13-14-15-16-17-26(25(32)33,23(24(30)31)27(4,5)6)22(18-20(2)28)19-21(3)29/h20-23,28-29H,7-19H2,1-6H3,(H-,30,31,32,33)/p+1. The molecule has 0 saturated heterocycles. The summed E-state index contributed by atoms with van der Waals surface area (Å²) in [6, 6.07) is -1.20. The highest BCUT2D eigenvalue weighted by atomic mass is 16.4. The van der Waals surface area contributed by atoms with Crippen molar-refractivity contribution in [2.75, 3.05) is 21.1 Å². The Balaban J connectivity index is 5.59. The molecule has 0 aliphatic heterocycles. The van der Waals surface area contributed by atoms with E-state index in [0.29, 0.717) is 6.42 Å². The van der Waals surface area contributed by atoms with E-state index in [1.54, 1.807) is 35.0 Å². The molecule has 0 aliphatic rings. The number of carboxylic acids is 2. The van der Waals surface area contributed by atoms with Crippen molar-refractivity contribution in [1.82, 2.24) is 0 Å². The highest BCUT2D eigenvalue weighted by molar-refractivity contribution is 5.85. The lowest BCUT2D eigenvalue weighted by Gasteiger charge is -2.47. The summed E-state index contributed by atoms with van der Waals surface area (Å²) in [5, 5.41) is 40.9. The van der Waals surface area contributed by atoms with Crippen LogP contribution in [0.5, 0.6) is 0 Å². The Bertz CT molecular complexity index is 547. The lowest BCUT2D eigenvalue weighted by atomic mass is 9.62. The summed E-state index contributed by atoms with van der Waals surface area (Å²) in [6.45, 7) is 5.38. The van der Waals surface area contributed by atoms with Crippen LogP contribution >= 0.6 is 0 Å². The molecule has 0 rings (SSSR count). The molecular formula is C26H52NO6+. The van der Waals surface area contributed by atoms with Gasteiger partial charge in [0.15, 0.2) is 0 Å². The van der Waals surface area contributed by atoms with E-state index in [9.17, 15) is 30.0 Å². The second-order valence-electron chi connectivity index (χ2n) is 11.0. The molecule has 0 aliphatic carbocycles. The second kappa shape index (κ2) is 15.7. The summed E-state index contributed by atoms with van der Waals surface area (Å²) in [6.07, 6.45) is 9.96. The number of likely N-dealkylation sites (N-methyl/N-ethyl adjacent to an activating group) is 1. The Hall–Kier alpha value is -1.18. The van der Waals surface area contributed by atoms with Crippen LogP contribution in [0.25, 0.3) is 0 Å². The van der Waals surface area contributed by atoms with E-state index in [0.717, 1.165) is 19.3 Å². The quantitative estimate of drug-likeness (QED) is 0.150. The average Bonchev–Trinajstić information content (AvgIpc) is 2.65. The Labute approximate surface area is 201 Å². The number of carbonyl (C=O) groups is 2. The number of aliphatic hydroxyl groups excluding tert-OH is 2. The first-order chi connectivity index (χ1) is 15.3. The third kappa shape index (κ3) is 11.2. The summed E-state index contributed by atoms with van der Waals surface area (Å²) in [5.41, 5.74) is -1.59. The third-order valence-corrected chi connectivity index (χ3v) is 6.82. The molecule has 0 amide bonds. The SMILES string of the molecule is CCCCCCCCCCCCC(C(=O)O)(C(CC(C)O)CC(C)O)C(C(=O)O)[N+](C)(C)C. The van der Waals surface area contributed by atoms with Crippen LogP contribution in [0.3, 0.4) is 0 Å². The van der Waals surface area contributed by atoms with Crippen LogP contribution in [0.4, 0.5) is 0 Å². The minimum atomic E-state index is -1.59. The molecule has 0 spiro atoms. The van der Waals surface area contributed by atoms with Gasteiger partial charge in [-0.25, -0.2) is 4.79 Å². The molecule has 0 heterocycles. The van der Waals surface area contributed by atoms with Crippen LogP contribution in [0.15, 0.2) is 0 Å². The lowest BCUT2D eigenvalue weighted by molar-refractivity contribution is -0.894. The first-order valence-corrected chi connectivity index (χ1v) is 12.9. The van der Waals surface area contributed by atoms with Gasteiger partial charge in [-0.1, -0.05) is 71.1 Å². The van der Waals surface area contributed by atoms with Crippen molar-refractivity contribution >= 4 is 11.9 Å². The van der Waals surface area contributed by atoms with Gasteiger partial charge in [-0.05, 0) is 39.0 Å². The summed E-state index contributed by atoms with van der Waals surface area (Å²) in [5.74, 6) is -2.96. The molecule has 0 aromatic heterocycles. The Morgan fingerprint density at radius 2 is 1.15 bits per heavy atom. The molecule has 0 bridgehead atoms. The van der Waals surface area contributed by atoms with Gasteiger partial charge in [0.2, 0.25) is 6.04 Å². The number of quaternary nitrogens is 1. The van der Waals surface area contributed by atoms with Crippen LogP contribution in [-0.4, -0.2) is 76.2 Å². The molecule has 33 heavy (non-hydrogen) atoms. The molecule has 4 unspecified atom stereocenters. The number of hydrogen-bond acceptors (Lipinski definition) is 4. The average molecular weight is 475 g/mol. The van der Waals surface area contributed by atoms with Crippen molar-refractivity contribution in [3.63, 3.8) is 0 Å². The van der Waals surface area contributed by atoms with E-state index in [1.807, 2.05) is 0 Å². The van der Waals surface area contributed by atoms with E-state index in [1.165, 1.54) is 38.5 Å². The topological polar surface area (TPSA) is 115 Å². The van der Waals surface area contributed by atoms with Crippen LogP contribution in [0.2, 0.25) is 0 Å².